The number of thiophene rings is 1. The molecule has 134 valence electrons. The van der Waals surface area contributed by atoms with Gasteiger partial charge in [0.25, 0.3) is 0 Å². The zero-order valence-electron chi connectivity index (χ0n) is 15.2. The van der Waals surface area contributed by atoms with Gasteiger partial charge in [0.15, 0.2) is 0 Å². The molecule has 0 nitrogen and oxygen atoms in total. The Labute approximate surface area is 171 Å². The van der Waals surface area contributed by atoms with E-state index in [4.69, 9.17) is 0 Å². The Morgan fingerprint density at radius 3 is 2.26 bits per heavy atom. The highest BCUT2D eigenvalue weighted by atomic mass is 79.9. The Hall–Kier alpha value is -1.90. The van der Waals surface area contributed by atoms with E-state index < -0.39 is 0 Å². The highest BCUT2D eigenvalue weighted by molar-refractivity contribution is 9.09. The van der Waals surface area contributed by atoms with E-state index >= 15 is 0 Å². The van der Waals surface area contributed by atoms with Crippen molar-refractivity contribution >= 4 is 69.7 Å². The third kappa shape index (κ3) is 3.15. The van der Waals surface area contributed by atoms with E-state index in [0.29, 0.717) is 0 Å². The second-order valence-electron chi connectivity index (χ2n) is 7.27. The second kappa shape index (κ2) is 7.26. The van der Waals surface area contributed by atoms with Gasteiger partial charge in [0.05, 0.1) is 0 Å². The van der Waals surface area contributed by atoms with Crippen LogP contribution in [0.4, 0.5) is 0 Å². The molecule has 0 radical (unpaired) electrons. The standard InChI is InChI=1S/C25H21BrS/c26-13-5-1-2-8-20-16-24-22-10-9-19-14-17-6-3-4-7-18(17)15-23(19)21(22)11-12-25(24)27-20/h3-4,6-7,9-12,14-16H,1-2,5,8,13H2. The third-order valence-electron chi connectivity index (χ3n) is 5.49. The molecule has 0 fully saturated rings. The van der Waals surface area contributed by atoms with Gasteiger partial charge in [-0.25, -0.2) is 0 Å². The summed E-state index contributed by atoms with van der Waals surface area (Å²) in [6, 6.07) is 25.0. The number of rotatable bonds is 5. The highest BCUT2D eigenvalue weighted by Crippen LogP contribution is 2.37. The minimum atomic E-state index is 1.12. The van der Waals surface area contributed by atoms with Crippen molar-refractivity contribution in [1.29, 1.82) is 0 Å². The molecule has 0 aliphatic rings. The topological polar surface area (TPSA) is 0 Å². The van der Waals surface area contributed by atoms with Crippen molar-refractivity contribution in [2.24, 2.45) is 0 Å². The number of fused-ring (bicyclic) bond motifs is 6. The van der Waals surface area contributed by atoms with E-state index in [9.17, 15) is 0 Å². The van der Waals surface area contributed by atoms with Crippen LogP contribution in [0.15, 0.2) is 66.7 Å². The maximum absolute atomic E-state index is 3.53. The first kappa shape index (κ1) is 17.2. The molecule has 27 heavy (non-hydrogen) atoms. The molecule has 0 bridgehead atoms. The molecule has 0 saturated carbocycles. The van der Waals surface area contributed by atoms with Crippen molar-refractivity contribution in [3.8, 4) is 0 Å². The molecule has 0 amide bonds. The highest BCUT2D eigenvalue weighted by Gasteiger charge is 2.09. The van der Waals surface area contributed by atoms with Crippen molar-refractivity contribution in [2.45, 2.75) is 25.7 Å². The Morgan fingerprint density at radius 1 is 0.630 bits per heavy atom. The number of benzene rings is 4. The minimum Gasteiger partial charge on any atom is -0.140 e. The van der Waals surface area contributed by atoms with E-state index in [-0.39, 0.29) is 0 Å². The first-order valence-corrected chi connectivity index (χ1v) is 11.6. The average molecular weight is 433 g/mol. The number of alkyl halides is 1. The van der Waals surface area contributed by atoms with Gasteiger partial charge in [-0.3, -0.25) is 0 Å². The summed E-state index contributed by atoms with van der Waals surface area (Å²) in [5.41, 5.74) is 0. The van der Waals surface area contributed by atoms with Crippen LogP contribution in [0.1, 0.15) is 24.1 Å². The monoisotopic (exact) mass is 432 g/mol. The zero-order valence-corrected chi connectivity index (χ0v) is 17.6. The number of halogens is 1. The van der Waals surface area contributed by atoms with Crippen LogP contribution in [0.5, 0.6) is 0 Å². The third-order valence-corrected chi connectivity index (χ3v) is 7.21. The van der Waals surface area contributed by atoms with Crippen LogP contribution < -0.4 is 0 Å². The molecule has 1 aromatic heterocycles. The van der Waals surface area contributed by atoms with Gasteiger partial charge in [0.1, 0.15) is 0 Å². The fourth-order valence-corrected chi connectivity index (χ4v) is 5.61. The molecule has 0 aliphatic carbocycles. The summed E-state index contributed by atoms with van der Waals surface area (Å²) in [6.45, 7) is 0. The van der Waals surface area contributed by atoms with Crippen molar-refractivity contribution in [3.05, 3.63) is 71.6 Å². The number of hydrogen-bond acceptors (Lipinski definition) is 1. The predicted octanol–water partition coefficient (Wildman–Crippen LogP) is 8.47. The second-order valence-corrected chi connectivity index (χ2v) is 9.23. The van der Waals surface area contributed by atoms with Gasteiger partial charge < -0.3 is 0 Å². The summed E-state index contributed by atoms with van der Waals surface area (Å²) in [5.74, 6) is 0. The van der Waals surface area contributed by atoms with Gasteiger partial charge in [0.2, 0.25) is 0 Å². The Balaban J connectivity index is 1.65. The van der Waals surface area contributed by atoms with Crippen LogP contribution in [0.25, 0.3) is 42.4 Å². The van der Waals surface area contributed by atoms with E-state index in [1.165, 1.54) is 73.0 Å². The molecule has 0 unspecified atom stereocenters. The normalized spacial score (nSPS) is 11.9. The largest absolute Gasteiger partial charge is 0.140 e. The van der Waals surface area contributed by atoms with E-state index in [1.54, 1.807) is 0 Å². The number of unbranched alkanes of at least 4 members (excludes halogenated alkanes) is 2. The van der Waals surface area contributed by atoms with Crippen LogP contribution in [0.2, 0.25) is 0 Å². The van der Waals surface area contributed by atoms with E-state index in [2.05, 4.69) is 82.7 Å². The van der Waals surface area contributed by atoms with Gasteiger partial charge in [-0.05, 0) is 75.8 Å². The molecular weight excluding hydrogens is 412 g/mol. The molecule has 0 aliphatic heterocycles. The Bertz CT molecular complexity index is 1270. The molecule has 2 heteroatoms. The van der Waals surface area contributed by atoms with Crippen LogP contribution >= 0.6 is 27.3 Å². The smallest absolute Gasteiger partial charge is 0.0352 e. The quantitative estimate of drug-likeness (QED) is 0.113. The molecule has 4 aromatic carbocycles. The maximum atomic E-state index is 3.53. The fraction of sp³-hybridized carbons (Fsp3) is 0.200. The summed E-state index contributed by atoms with van der Waals surface area (Å²) < 4.78 is 1.41. The lowest BCUT2D eigenvalue weighted by Gasteiger charge is -2.07. The van der Waals surface area contributed by atoms with Gasteiger partial charge in [-0.1, -0.05) is 64.8 Å². The molecule has 1 heterocycles. The maximum Gasteiger partial charge on any atom is 0.0352 e. The molecule has 0 atom stereocenters. The minimum absolute atomic E-state index is 1.12. The zero-order chi connectivity index (χ0) is 18.2. The lowest BCUT2D eigenvalue weighted by atomic mass is 9.97. The molecular formula is C25H21BrS. The molecule has 0 saturated heterocycles. The molecule has 5 aromatic rings. The predicted molar refractivity (Wildman–Crippen MR) is 126 cm³/mol. The van der Waals surface area contributed by atoms with Crippen molar-refractivity contribution in [1.82, 2.24) is 0 Å². The van der Waals surface area contributed by atoms with Crippen molar-refractivity contribution in [2.75, 3.05) is 5.33 Å². The van der Waals surface area contributed by atoms with E-state index in [1.807, 2.05) is 11.3 Å². The Kier molecular flexibility index (Phi) is 4.63. The van der Waals surface area contributed by atoms with Crippen molar-refractivity contribution < 1.29 is 0 Å². The van der Waals surface area contributed by atoms with Crippen LogP contribution in [-0.4, -0.2) is 5.33 Å². The number of hydrogen-bond donors (Lipinski definition) is 0. The lowest BCUT2D eigenvalue weighted by Crippen LogP contribution is -1.82. The summed E-state index contributed by atoms with van der Waals surface area (Å²) in [5, 5.41) is 10.6. The summed E-state index contributed by atoms with van der Waals surface area (Å²) in [7, 11) is 0. The lowest BCUT2D eigenvalue weighted by molar-refractivity contribution is 0.730. The summed E-state index contributed by atoms with van der Waals surface area (Å²) in [6.07, 6.45) is 5.06. The van der Waals surface area contributed by atoms with E-state index in [0.717, 1.165) is 5.33 Å². The van der Waals surface area contributed by atoms with Crippen molar-refractivity contribution in [3.63, 3.8) is 0 Å². The van der Waals surface area contributed by atoms with Crippen LogP contribution in [0, 0.1) is 0 Å². The van der Waals surface area contributed by atoms with Gasteiger partial charge in [-0.15, -0.1) is 11.3 Å². The average Bonchev–Trinajstić information content (AvgIpc) is 3.13. The summed E-state index contributed by atoms with van der Waals surface area (Å²) in [4.78, 5) is 1.52. The first-order valence-electron chi connectivity index (χ1n) is 9.66. The fourth-order valence-electron chi connectivity index (χ4n) is 4.10. The molecule has 0 N–H and O–H groups in total. The van der Waals surface area contributed by atoms with Gasteiger partial charge in [-0.2, -0.15) is 0 Å². The molecule has 5 rings (SSSR count). The first-order chi connectivity index (χ1) is 13.3. The summed E-state index contributed by atoms with van der Waals surface area (Å²) >= 11 is 5.49. The SMILES string of the molecule is BrCCCCCc1cc2c(ccc3c4cc5ccccc5cc4ccc23)s1. The van der Waals surface area contributed by atoms with Crippen LogP contribution in [-0.2, 0) is 6.42 Å². The number of aryl methyl sites for hydroxylation is 1. The van der Waals surface area contributed by atoms with Crippen LogP contribution in [0.3, 0.4) is 0 Å². The Morgan fingerprint density at radius 2 is 1.41 bits per heavy atom. The van der Waals surface area contributed by atoms with Gasteiger partial charge in [0, 0.05) is 20.3 Å². The van der Waals surface area contributed by atoms with Gasteiger partial charge >= 0.3 is 0 Å². The molecule has 0 spiro atoms.